The zero-order valence-corrected chi connectivity index (χ0v) is 8.18. The van der Waals surface area contributed by atoms with Crippen LogP contribution < -0.4 is 0 Å². The Hall–Kier alpha value is -0.980. The van der Waals surface area contributed by atoms with Gasteiger partial charge in [0.2, 0.25) is 0 Å². The fourth-order valence-corrected chi connectivity index (χ4v) is 1.29. The monoisotopic (exact) mass is 164 g/mol. The van der Waals surface area contributed by atoms with Gasteiger partial charge in [-0.2, -0.15) is 0 Å². The number of aryl methyl sites for hydroxylation is 1. The van der Waals surface area contributed by atoms with E-state index in [2.05, 4.69) is 19.9 Å². The van der Waals surface area contributed by atoms with E-state index in [0.717, 1.165) is 16.7 Å². The quantitative estimate of drug-likeness (QED) is 0.676. The van der Waals surface area contributed by atoms with Crippen molar-refractivity contribution in [3.05, 3.63) is 28.8 Å². The molecule has 0 spiro atoms. The van der Waals surface area contributed by atoms with Crippen molar-refractivity contribution in [2.24, 2.45) is 0 Å². The van der Waals surface area contributed by atoms with Crippen molar-refractivity contribution in [3.8, 4) is 5.75 Å². The van der Waals surface area contributed by atoms with Crippen LogP contribution in [0.3, 0.4) is 0 Å². The molecule has 0 atom stereocenters. The molecule has 0 aliphatic heterocycles. The van der Waals surface area contributed by atoms with Gasteiger partial charge < -0.3 is 5.11 Å². The SMILES string of the molecule is Cc1ccc(C(C)C)c(O)c1C. The normalized spacial score (nSPS) is 10.8. The predicted octanol–water partition coefficient (Wildman–Crippen LogP) is 3.13. The molecule has 0 radical (unpaired) electrons. The fourth-order valence-electron chi connectivity index (χ4n) is 1.29. The summed E-state index contributed by atoms with van der Waals surface area (Å²) in [6.45, 7) is 8.14. The maximum Gasteiger partial charge on any atom is 0.122 e. The predicted molar refractivity (Wildman–Crippen MR) is 51.7 cm³/mol. The van der Waals surface area contributed by atoms with Gasteiger partial charge in [0.15, 0.2) is 0 Å². The molecule has 12 heavy (non-hydrogen) atoms. The third-order valence-corrected chi connectivity index (χ3v) is 2.36. The lowest BCUT2D eigenvalue weighted by Gasteiger charge is -2.11. The van der Waals surface area contributed by atoms with Crippen LogP contribution in [0.15, 0.2) is 12.1 Å². The molecule has 0 bridgehead atoms. The molecule has 0 heterocycles. The van der Waals surface area contributed by atoms with Crippen LogP contribution in [0.2, 0.25) is 0 Å². The first-order chi connectivity index (χ1) is 5.54. The number of hydrogen-bond donors (Lipinski definition) is 1. The summed E-state index contributed by atoms with van der Waals surface area (Å²) in [5, 5.41) is 9.75. The second kappa shape index (κ2) is 3.18. The molecule has 0 amide bonds. The lowest BCUT2D eigenvalue weighted by Crippen LogP contribution is -1.91. The van der Waals surface area contributed by atoms with Crippen LogP contribution in [0.25, 0.3) is 0 Å². The molecule has 1 nitrogen and oxygen atoms in total. The maximum absolute atomic E-state index is 9.75. The van der Waals surface area contributed by atoms with E-state index in [-0.39, 0.29) is 0 Å². The molecule has 1 rings (SSSR count). The lowest BCUT2D eigenvalue weighted by atomic mass is 9.97. The van der Waals surface area contributed by atoms with Gasteiger partial charge in [-0.25, -0.2) is 0 Å². The number of hydrogen-bond acceptors (Lipinski definition) is 1. The Morgan fingerprint density at radius 2 is 1.75 bits per heavy atom. The van der Waals surface area contributed by atoms with E-state index >= 15 is 0 Å². The van der Waals surface area contributed by atoms with Crippen LogP contribution in [0.1, 0.15) is 36.5 Å². The average Bonchev–Trinajstić information content (AvgIpc) is 2.00. The standard InChI is InChI=1S/C11H16O/c1-7(2)10-6-5-8(3)9(4)11(10)12/h5-7,12H,1-4H3. The number of phenols is 1. The van der Waals surface area contributed by atoms with Crippen LogP contribution in [0, 0.1) is 13.8 Å². The van der Waals surface area contributed by atoms with Gasteiger partial charge in [-0.05, 0) is 36.5 Å². The molecule has 0 saturated carbocycles. The molecule has 0 aliphatic rings. The smallest absolute Gasteiger partial charge is 0.122 e. The highest BCUT2D eigenvalue weighted by Gasteiger charge is 2.08. The van der Waals surface area contributed by atoms with Gasteiger partial charge >= 0.3 is 0 Å². The van der Waals surface area contributed by atoms with Crippen molar-refractivity contribution < 1.29 is 5.11 Å². The van der Waals surface area contributed by atoms with Gasteiger partial charge in [-0.3, -0.25) is 0 Å². The maximum atomic E-state index is 9.75. The van der Waals surface area contributed by atoms with Gasteiger partial charge in [-0.15, -0.1) is 0 Å². The molecule has 66 valence electrons. The van der Waals surface area contributed by atoms with E-state index in [4.69, 9.17) is 0 Å². The van der Waals surface area contributed by atoms with Crippen LogP contribution in [0.5, 0.6) is 5.75 Å². The van der Waals surface area contributed by atoms with Crippen molar-refractivity contribution in [1.29, 1.82) is 0 Å². The third kappa shape index (κ3) is 1.45. The minimum atomic E-state index is 0.393. The first kappa shape index (κ1) is 9.11. The molecule has 1 N–H and O–H groups in total. The molecule has 0 saturated heterocycles. The van der Waals surface area contributed by atoms with Gasteiger partial charge in [0.25, 0.3) is 0 Å². The van der Waals surface area contributed by atoms with Crippen LogP contribution in [0.4, 0.5) is 0 Å². The fraction of sp³-hybridized carbons (Fsp3) is 0.455. The molecule has 0 aromatic heterocycles. The molecular formula is C11H16O. The zero-order chi connectivity index (χ0) is 9.30. The summed E-state index contributed by atoms with van der Waals surface area (Å²) in [5.74, 6) is 0.856. The summed E-state index contributed by atoms with van der Waals surface area (Å²) in [4.78, 5) is 0. The Labute approximate surface area is 74.1 Å². The van der Waals surface area contributed by atoms with E-state index < -0.39 is 0 Å². The Bertz CT molecular complexity index is 287. The van der Waals surface area contributed by atoms with Gasteiger partial charge in [-0.1, -0.05) is 26.0 Å². The van der Waals surface area contributed by atoms with Crippen molar-refractivity contribution in [2.75, 3.05) is 0 Å². The summed E-state index contributed by atoms with van der Waals surface area (Å²) >= 11 is 0. The molecule has 1 heteroatoms. The topological polar surface area (TPSA) is 20.2 Å². The summed E-state index contributed by atoms with van der Waals surface area (Å²) in [5.41, 5.74) is 3.19. The minimum Gasteiger partial charge on any atom is -0.507 e. The zero-order valence-electron chi connectivity index (χ0n) is 8.18. The molecular weight excluding hydrogens is 148 g/mol. The van der Waals surface area contributed by atoms with E-state index in [1.54, 1.807) is 0 Å². The van der Waals surface area contributed by atoms with E-state index in [1.807, 2.05) is 19.9 Å². The molecule has 0 aliphatic carbocycles. The van der Waals surface area contributed by atoms with Crippen molar-refractivity contribution in [2.45, 2.75) is 33.6 Å². The summed E-state index contributed by atoms with van der Waals surface area (Å²) in [6.07, 6.45) is 0. The van der Waals surface area contributed by atoms with Gasteiger partial charge in [0.1, 0.15) is 5.75 Å². The van der Waals surface area contributed by atoms with E-state index in [9.17, 15) is 5.11 Å². The Morgan fingerprint density at radius 3 is 2.25 bits per heavy atom. The number of aromatic hydroxyl groups is 1. The second-order valence-electron chi connectivity index (χ2n) is 3.60. The van der Waals surface area contributed by atoms with E-state index in [1.165, 1.54) is 0 Å². The first-order valence-electron chi connectivity index (χ1n) is 4.33. The highest BCUT2D eigenvalue weighted by molar-refractivity contribution is 5.45. The highest BCUT2D eigenvalue weighted by Crippen LogP contribution is 2.30. The summed E-state index contributed by atoms with van der Waals surface area (Å²) in [6, 6.07) is 4.06. The third-order valence-electron chi connectivity index (χ3n) is 2.36. The summed E-state index contributed by atoms with van der Waals surface area (Å²) < 4.78 is 0. The minimum absolute atomic E-state index is 0.393. The van der Waals surface area contributed by atoms with E-state index in [0.29, 0.717) is 11.7 Å². The van der Waals surface area contributed by atoms with Gasteiger partial charge in [0, 0.05) is 0 Å². The van der Waals surface area contributed by atoms with Crippen molar-refractivity contribution in [1.82, 2.24) is 0 Å². The largest absolute Gasteiger partial charge is 0.507 e. The molecule has 0 unspecified atom stereocenters. The van der Waals surface area contributed by atoms with Gasteiger partial charge in [0.05, 0.1) is 0 Å². The summed E-state index contributed by atoms with van der Waals surface area (Å²) in [7, 11) is 0. The Balaban J connectivity index is 3.27. The number of phenolic OH excluding ortho intramolecular Hbond substituents is 1. The van der Waals surface area contributed by atoms with Crippen LogP contribution in [-0.4, -0.2) is 5.11 Å². The first-order valence-corrected chi connectivity index (χ1v) is 4.33. The highest BCUT2D eigenvalue weighted by atomic mass is 16.3. The molecule has 1 aromatic rings. The van der Waals surface area contributed by atoms with Crippen LogP contribution in [-0.2, 0) is 0 Å². The Morgan fingerprint density at radius 1 is 1.17 bits per heavy atom. The average molecular weight is 164 g/mol. The Kier molecular flexibility index (Phi) is 2.41. The molecule has 1 aromatic carbocycles. The van der Waals surface area contributed by atoms with Crippen LogP contribution >= 0.6 is 0 Å². The van der Waals surface area contributed by atoms with Crippen molar-refractivity contribution >= 4 is 0 Å². The number of rotatable bonds is 1. The number of benzene rings is 1. The van der Waals surface area contributed by atoms with Crippen molar-refractivity contribution in [3.63, 3.8) is 0 Å². The lowest BCUT2D eigenvalue weighted by molar-refractivity contribution is 0.460. The second-order valence-corrected chi connectivity index (χ2v) is 3.60. The molecule has 0 fully saturated rings.